The summed E-state index contributed by atoms with van der Waals surface area (Å²) in [7, 11) is 0. The Bertz CT molecular complexity index is 248. The van der Waals surface area contributed by atoms with Gasteiger partial charge in [0, 0.05) is 13.1 Å². The van der Waals surface area contributed by atoms with Gasteiger partial charge in [0.15, 0.2) is 0 Å². The smallest absolute Gasteiger partial charge is 0.117 e. The first-order valence-corrected chi connectivity index (χ1v) is 4.87. The lowest BCUT2D eigenvalue weighted by atomic mass is 10.4. The third kappa shape index (κ3) is 4.41. The Morgan fingerprint density at radius 2 is 2.29 bits per heavy atom. The highest BCUT2D eigenvalue weighted by Crippen LogP contribution is 2.04. The quantitative estimate of drug-likeness (QED) is 0.632. The van der Waals surface area contributed by atoms with Crippen LogP contribution in [0, 0.1) is 6.92 Å². The molecule has 0 fully saturated rings. The minimum absolute atomic E-state index is 0.581. The van der Waals surface area contributed by atoms with Crippen LogP contribution in [-0.2, 0) is 11.3 Å². The van der Waals surface area contributed by atoms with Gasteiger partial charge in [-0.3, -0.25) is 0 Å². The van der Waals surface area contributed by atoms with Crippen LogP contribution in [-0.4, -0.2) is 26.3 Å². The normalized spacial score (nSPS) is 10.7. The van der Waals surface area contributed by atoms with Crippen molar-refractivity contribution in [1.82, 2.24) is 5.32 Å². The highest BCUT2D eigenvalue weighted by molar-refractivity contribution is 5.04. The van der Waals surface area contributed by atoms with E-state index in [1.807, 2.05) is 19.1 Å². The van der Waals surface area contributed by atoms with Gasteiger partial charge in [0.1, 0.15) is 11.5 Å². The summed E-state index contributed by atoms with van der Waals surface area (Å²) in [6.45, 7) is 5.41. The van der Waals surface area contributed by atoms with Crippen molar-refractivity contribution in [3.05, 3.63) is 23.7 Å². The van der Waals surface area contributed by atoms with Crippen molar-refractivity contribution in [2.75, 3.05) is 26.3 Å². The van der Waals surface area contributed by atoms with Crippen molar-refractivity contribution in [1.29, 1.82) is 0 Å². The first kappa shape index (κ1) is 11.2. The van der Waals surface area contributed by atoms with Gasteiger partial charge < -0.3 is 20.2 Å². The Labute approximate surface area is 84.4 Å². The number of hydrogen-bond donors (Lipinski definition) is 2. The SMILES string of the molecule is Cc1ccc(CNCCOCCN)o1. The largest absolute Gasteiger partial charge is 0.465 e. The van der Waals surface area contributed by atoms with Gasteiger partial charge in [0.25, 0.3) is 0 Å². The molecule has 0 aliphatic heterocycles. The number of nitrogens with one attached hydrogen (secondary N) is 1. The van der Waals surface area contributed by atoms with Crippen molar-refractivity contribution in [3.63, 3.8) is 0 Å². The highest BCUT2D eigenvalue weighted by Gasteiger charge is 1.96. The molecule has 0 radical (unpaired) electrons. The summed E-state index contributed by atoms with van der Waals surface area (Å²) in [6.07, 6.45) is 0. The van der Waals surface area contributed by atoms with Crippen molar-refractivity contribution in [3.8, 4) is 0 Å². The van der Waals surface area contributed by atoms with E-state index in [-0.39, 0.29) is 0 Å². The van der Waals surface area contributed by atoms with Gasteiger partial charge in [0.2, 0.25) is 0 Å². The predicted octanol–water partition coefficient (Wildman–Crippen LogP) is 0.653. The van der Waals surface area contributed by atoms with Gasteiger partial charge in [0.05, 0.1) is 19.8 Å². The minimum atomic E-state index is 0.581. The van der Waals surface area contributed by atoms with E-state index in [9.17, 15) is 0 Å². The second-order valence-corrected chi connectivity index (χ2v) is 3.09. The molecule has 0 spiro atoms. The molecule has 0 saturated carbocycles. The van der Waals surface area contributed by atoms with Crippen LogP contribution in [0.15, 0.2) is 16.5 Å². The Morgan fingerprint density at radius 3 is 2.93 bits per heavy atom. The molecule has 0 aromatic carbocycles. The maximum Gasteiger partial charge on any atom is 0.117 e. The number of nitrogens with two attached hydrogens (primary N) is 1. The maximum atomic E-state index is 5.39. The van der Waals surface area contributed by atoms with Crippen LogP contribution in [0.2, 0.25) is 0 Å². The van der Waals surface area contributed by atoms with Crippen molar-refractivity contribution < 1.29 is 9.15 Å². The van der Waals surface area contributed by atoms with Crippen molar-refractivity contribution in [2.45, 2.75) is 13.5 Å². The highest BCUT2D eigenvalue weighted by atomic mass is 16.5. The van der Waals surface area contributed by atoms with E-state index >= 15 is 0 Å². The number of ether oxygens (including phenoxy) is 1. The molecule has 1 heterocycles. The molecule has 0 aliphatic rings. The van der Waals surface area contributed by atoms with Crippen LogP contribution >= 0.6 is 0 Å². The van der Waals surface area contributed by atoms with E-state index in [2.05, 4.69) is 5.32 Å². The lowest BCUT2D eigenvalue weighted by Gasteiger charge is -2.03. The van der Waals surface area contributed by atoms with Crippen LogP contribution in [0.4, 0.5) is 0 Å². The Kier molecular flexibility index (Phi) is 5.29. The van der Waals surface area contributed by atoms with Gasteiger partial charge >= 0.3 is 0 Å². The Morgan fingerprint density at radius 1 is 1.43 bits per heavy atom. The molecule has 80 valence electrons. The average molecular weight is 198 g/mol. The lowest BCUT2D eigenvalue weighted by molar-refractivity contribution is 0.142. The molecule has 0 saturated heterocycles. The van der Waals surface area contributed by atoms with E-state index in [4.69, 9.17) is 14.9 Å². The van der Waals surface area contributed by atoms with Gasteiger partial charge in [-0.2, -0.15) is 0 Å². The molecular weight excluding hydrogens is 180 g/mol. The summed E-state index contributed by atoms with van der Waals surface area (Å²) < 4.78 is 10.6. The van der Waals surface area contributed by atoms with Crippen molar-refractivity contribution >= 4 is 0 Å². The fraction of sp³-hybridized carbons (Fsp3) is 0.600. The van der Waals surface area contributed by atoms with E-state index in [1.54, 1.807) is 0 Å². The summed E-state index contributed by atoms with van der Waals surface area (Å²) in [4.78, 5) is 0. The molecule has 1 aromatic rings. The molecule has 14 heavy (non-hydrogen) atoms. The van der Waals surface area contributed by atoms with Crippen LogP contribution in [0.3, 0.4) is 0 Å². The monoisotopic (exact) mass is 198 g/mol. The van der Waals surface area contributed by atoms with Gasteiger partial charge in [-0.05, 0) is 19.1 Å². The molecule has 0 atom stereocenters. The molecular formula is C10H18N2O2. The molecule has 0 bridgehead atoms. The Hall–Kier alpha value is -0.840. The fourth-order valence-electron chi connectivity index (χ4n) is 1.12. The van der Waals surface area contributed by atoms with Crippen LogP contribution < -0.4 is 11.1 Å². The zero-order valence-electron chi connectivity index (χ0n) is 8.58. The van der Waals surface area contributed by atoms with E-state index in [0.717, 1.165) is 24.6 Å². The summed E-state index contributed by atoms with van der Waals surface area (Å²) >= 11 is 0. The summed E-state index contributed by atoms with van der Waals surface area (Å²) in [5.74, 6) is 1.91. The van der Waals surface area contributed by atoms with Gasteiger partial charge in [-0.1, -0.05) is 0 Å². The van der Waals surface area contributed by atoms with Crippen LogP contribution in [0.5, 0.6) is 0 Å². The zero-order chi connectivity index (χ0) is 10.2. The van der Waals surface area contributed by atoms with Crippen LogP contribution in [0.1, 0.15) is 11.5 Å². The lowest BCUT2D eigenvalue weighted by Crippen LogP contribution is -2.20. The van der Waals surface area contributed by atoms with Crippen molar-refractivity contribution in [2.24, 2.45) is 5.73 Å². The summed E-state index contributed by atoms with van der Waals surface area (Å²) in [5, 5.41) is 3.21. The molecule has 0 unspecified atom stereocenters. The molecule has 0 aliphatic carbocycles. The number of aryl methyl sites for hydroxylation is 1. The third-order valence-corrected chi connectivity index (χ3v) is 1.78. The fourth-order valence-corrected chi connectivity index (χ4v) is 1.12. The van der Waals surface area contributed by atoms with Gasteiger partial charge in [-0.15, -0.1) is 0 Å². The first-order chi connectivity index (χ1) is 6.83. The third-order valence-electron chi connectivity index (χ3n) is 1.78. The summed E-state index contributed by atoms with van der Waals surface area (Å²) in [6, 6.07) is 3.94. The van der Waals surface area contributed by atoms with E-state index in [0.29, 0.717) is 19.8 Å². The first-order valence-electron chi connectivity index (χ1n) is 4.87. The minimum Gasteiger partial charge on any atom is -0.465 e. The molecule has 1 aromatic heterocycles. The number of hydrogen-bond acceptors (Lipinski definition) is 4. The van der Waals surface area contributed by atoms with E-state index < -0.39 is 0 Å². The maximum absolute atomic E-state index is 5.39. The zero-order valence-corrected chi connectivity index (χ0v) is 8.58. The molecule has 4 nitrogen and oxygen atoms in total. The average Bonchev–Trinajstić information content (AvgIpc) is 2.58. The molecule has 4 heteroatoms. The van der Waals surface area contributed by atoms with Gasteiger partial charge in [-0.25, -0.2) is 0 Å². The Balaban J connectivity index is 1.99. The van der Waals surface area contributed by atoms with E-state index in [1.165, 1.54) is 0 Å². The standard InChI is InChI=1S/C10H18N2O2/c1-9-2-3-10(14-9)8-12-5-7-13-6-4-11/h2-3,12H,4-8,11H2,1H3. The number of furan rings is 1. The molecule has 0 amide bonds. The second-order valence-electron chi connectivity index (χ2n) is 3.09. The summed E-state index contributed by atoms with van der Waals surface area (Å²) in [5.41, 5.74) is 5.28. The molecule has 3 N–H and O–H groups in total. The van der Waals surface area contributed by atoms with Crippen LogP contribution in [0.25, 0.3) is 0 Å². The number of rotatable bonds is 7. The molecule has 1 rings (SSSR count). The second kappa shape index (κ2) is 6.59. The topological polar surface area (TPSA) is 60.4 Å². The predicted molar refractivity (Wildman–Crippen MR) is 55.0 cm³/mol.